The second kappa shape index (κ2) is 12.7. The van der Waals surface area contributed by atoms with Crippen LogP contribution in [-0.2, 0) is 6.54 Å². The first kappa shape index (κ1) is 19.9. The Labute approximate surface area is 138 Å². The maximum absolute atomic E-state index is 5.69. The van der Waals surface area contributed by atoms with Gasteiger partial charge < -0.3 is 10.6 Å². The third kappa shape index (κ3) is 11.3. The van der Waals surface area contributed by atoms with Gasteiger partial charge in [-0.25, -0.2) is 0 Å². The Balaban J connectivity index is 0.000000327. The Bertz CT molecular complexity index is 446. The molecule has 0 radical (unpaired) electrons. The van der Waals surface area contributed by atoms with E-state index < -0.39 is 0 Å². The van der Waals surface area contributed by atoms with E-state index in [0.29, 0.717) is 0 Å². The Kier molecular flexibility index (Phi) is 12.0. The fraction of sp³-hybridized carbons (Fsp3) is 0.294. The number of rotatable bonds is 2. The van der Waals surface area contributed by atoms with Crippen molar-refractivity contribution in [3.8, 4) is 0 Å². The molecule has 2 aromatic carbocycles. The first-order valence-corrected chi connectivity index (χ1v) is 7.48. The Morgan fingerprint density at radius 2 is 1.14 bits per heavy atom. The molecule has 0 spiro atoms. The highest BCUT2D eigenvalue weighted by molar-refractivity contribution is 6.30. The lowest BCUT2D eigenvalue weighted by Crippen LogP contribution is -2.04. The van der Waals surface area contributed by atoms with Crippen molar-refractivity contribution in [1.82, 2.24) is 10.6 Å². The van der Waals surface area contributed by atoms with E-state index in [9.17, 15) is 0 Å². The summed E-state index contributed by atoms with van der Waals surface area (Å²) >= 11 is 11.3. The highest BCUT2D eigenvalue weighted by atomic mass is 35.5. The first-order chi connectivity index (χ1) is 10.0. The molecule has 2 N–H and O–H groups in total. The number of halogens is 2. The lowest BCUT2D eigenvalue weighted by atomic mass is 10.2. The van der Waals surface area contributed by atoms with E-state index >= 15 is 0 Å². The molecule has 0 aliphatic rings. The van der Waals surface area contributed by atoms with Gasteiger partial charge in [-0.05, 0) is 57.9 Å². The third-order valence-electron chi connectivity index (χ3n) is 2.31. The maximum Gasteiger partial charge on any atom is 0.0406 e. The summed E-state index contributed by atoms with van der Waals surface area (Å²) in [6, 6.07) is 15.6. The molecule has 21 heavy (non-hydrogen) atoms. The summed E-state index contributed by atoms with van der Waals surface area (Å²) in [5, 5.41) is 7.40. The normalized spacial score (nSPS) is 9.05. The van der Waals surface area contributed by atoms with E-state index in [4.69, 9.17) is 23.2 Å². The van der Waals surface area contributed by atoms with Gasteiger partial charge in [0.1, 0.15) is 0 Å². The van der Waals surface area contributed by atoms with Crippen LogP contribution in [0.4, 0.5) is 0 Å². The van der Waals surface area contributed by atoms with Gasteiger partial charge in [0.15, 0.2) is 0 Å². The monoisotopic (exact) mass is 326 g/mol. The van der Waals surface area contributed by atoms with Gasteiger partial charge in [-0.2, -0.15) is 0 Å². The molecule has 0 saturated carbocycles. The molecule has 0 bridgehead atoms. The van der Waals surface area contributed by atoms with Crippen LogP contribution in [0.25, 0.3) is 0 Å². The molecule has 2 nitrogen and oxygen atoms in total. The van der Waals surface area contributed by atoms with Crippen molar-refractivity contribution in [2.24, 2.45) is 0 Å². The second-order valence-electron chi connectivity index (χ2n) is 4.45. The quantitative estimate of drug-likeness (QED) is 0.846. The molecule has 0 aromatic heterocycles. The summed E-state index contributed by atoms with van der Waals surface area (Å²) in [5.41, 5.74) is 2.50. The lowest BCUT2D eigenvalue weighted by Gasteiger charge is -1.97. The van der Waals surface area contributed by atoms with Gasteiger partial charge >= 0.3 is 0 Å². The molecular formula is C17H24Cl2N2. The van der Waals surface area contributed by atoms with Crippen LogP contribution in [0.5, 0.6) is 0 Å². The van der Waals surface area contributed by atoms with E-state index in [1.165, 1.54) is 11.1 Å². The zero-order chi connectivity index (χ0) is 16.1. The number of hydrogen-bond donors (Lipinski definition) is 2. The topological polar surface area (TPSA) is 24.1 Å². The number of nitrogens with one attached hydrogen (secondary N) is 2. The van der Waals surface area contributed by atoms with E-state index in [2.05, 4.69) is 10.6 Å². The summed E-state index contributed by atoms with van der Waals surface area (Å²) in [5.74, 6) is 0. The predicted molar refractivity (Wildman–Crippen MR) is 95.4 cm³/mol. The van der Waals surface area contributed by atoms with Crippen molar-refractivity contribution in [1.29, 1.82) is 0 Å². The second-order valence-corrected chi connectivity index (χ2v) is 5.33. The summed E-state index contributed by atoms with van der Waals surface area (Å²) in [6.07, 6.45) is 0. The van der Waals surface area contributed by atoms with Crippen LogP contribution in [0.1, 0.15) is 11.1 Å². The molecule has 0 atom stereocenters. The van der Waals surface area contributed by atoms with Gasteiger partial charge in [0.2, 0.25) is 0 Å². The molecule has 0 saturated heterocycles. The average Bonchev–Trinajstić information content (AvgIpc) is 2.47. The molecule has 2 aromatic rings. The number of aryl methyl sites for hydroxylation is 1. The van der Waals surface area contributed by atoms with Crippen LogP contribution in [0.15, 0.2) is 48.5 Å². The summed E-state index contributed by atoms with van der Waals surface area (Å²) < 4.78 is 0. The van der Waals surface area contributed by atoms with E-state index in [-0.39, 0.29) is 0 Å². The van der Waals surface area contributed by atoms with Crippen molar-refractivity contribution in [2.45, 2.75) is 13.5 Å². The Morgan fingerprint density at radius 3 is 1.48 bits per heavy atom. The van der Waals surface area contributed by atoms with E-state index in [0.717, 1.165) is 16.6 Å². The van der Waals surface area contributed by atoms with E-state index in [1.807, 2.05) is 76.6 Å². The molecule has 2 rings (SSSR count). The summed E-state index contributed by atoms with van der Waals surface area (Å²) in [7, 11) is 5.68. The third-order valence-corrected chi connectivity index (χ3v) is 2.81. The van der Waals surface area contributed by atoms with E-state index in [1.54, 1.807) is 0 Å². The van der Waals surface area contributed by atoms with Crippen molar-refractivity contribution in [3.63, 3.8) is 0 Å². The Morgan fingerprint density at radius 1 is 0.762 bits per heavy atom. The van der Waals surface area contributed by atoms with Crippen molar-refractivity contribution < 1.29 is 0 Å². The predicted octanol–water partition coefficient (Wildman–Crippen LogP) is 4.54. The fourth-order valence-corrected chi connectivity index (χ4v) is 1.59. The van der Waals surface area contributed by atoms with Gasteiger partial charge in [-0.15, -0.1) is 0 Å². The van der Waals surface area contributed by atoms with Crippen LogP contribution >= 0.6 is 23.2 Å². The first-order valence-electron chi connectivity index (χ1n) is 6.73. The van der Waals surface area contributed by atoms with Gasteiger partial charge in [0.25, 0.3) is 0 Å². The number of benzene rings is 2. The zero-order valence-electron chi connectivity index (χ0n) is 13.1. The molecule has 0 unspecified atom stereocenters. The molecule has 0 amide bonds. The molecule has 116 valence electrons. The van der Waals surface area contributed by atoms with Gasteiger partial charge in [-0.3, -0.25) is 0 Å². The van der Waals surface area contributed by atoms with Gasteiger partial charge in [0, 0.05) is 16.6 Å². The molecule has 0 aliphatic carbocycles. The fourth-order valence-electron chi connectivity index (χ4n) is 1.34. The molecule has 0 heterocycles. The smallest absolute Gasteiger partial charge is 0.0406 e. The van der Waals surface area contributed by atoms with Crippen LogP contribution in [0.2, 0.25) is 10.0 Å². The average molecular weight is 327 g/mol. The summed E-state index contributed by atoms with van der Waals surface area (Å²) in [6.45, 7) is 2.94. The highest BCUT2D eigenvalue weighted by Gasteiger charge is 1.88. The van der Waals surface area contributed by atoms with Gasteiger partial charge in [0.05, 0.1) is 0 Å². The SMILES string of the molecule is CNC.CNCc1ccc(Cl)cc1.Cc1ccc(Cl)cc1. The molecule has 0 aliphatic heterocycles. The minimum atomic E-state index is 0.792. The van der Waals surface area contributed by atoms with Crippen molar-refractivity contribution >= 4 is 23.2 Å². The lowest BCUT2D eigenvalue weighted by molar-refractivity contribution is 0.818. The molecule has 0 fully saturated rings. The molecular weight excluding hydrogens is 303 g/mol. The Hall–Kier alpha value is -1.06. The van der Waals surface area contributed by atoms with Crippen LogP contribution in [0, 0.1) is 6.92 Å². The largest absolute Gasteiger partial charge is 0.323 e. The minimum Gasteiger partial charge on any atom is -0.323 e. The standard InChI is InChI=1S/C8H10ClN.C7H7Cl.C2H7N/c1-10-6-7-2-4-8(9)5-3-7;1-6-2-4-7(8)5-3-6;1-3-2/h2-5,10H,6H2,1H3;2-5H,1H3;3H,1-2H3. The van der Waals surface area contributed by atoms with Crippen LogP contribution < -0.4 is 10.6 Å². The van der Waals surface area contributed by atoms with Gasteiger partial charge in [-0.1, -0.05) is 53.0 Å². The zero-order valence-corrected chi connectivity index (χ0v) is 14.6. The van der Waals surface area contributed by atoms with Crippen LogP contribution in [0.3, 0.4) is 0 Å². The van der Waals surface area contributed by atoms with Crippen LogP contribution in [-0.4, -0.2) is 21.1 Å². The molecule has 4 heteroatoms. The minimum absolute atomic E-state index is 0.792. The van der Waals surface area contributed by atoms with Crippen molar-refractivity contribution in [2.75, 3.05) is 21.1 Å². The van der Waals surface area contributed by atoms with Crippen molar-refractivity contribution in [3.05, 3.63) is 69.7 Å². The summed E-state index contributed by atoms with van der Waals surface area (Å²) in [4.78, 5) is 0. The number of hydrogen-bond acceptors (Lipinski definition) is 2. The maximum atomic E-state index is 5.69. The highest BCUT2D eigenvalue weighted by Crippen LogP contribution is 2.08.